The quantitative estimate of drug-likeness (QED) is 0.398. The molecule has 0 atom stereocenters. The van der Waals surface area contributed by atoms with Crippen LogP contribution in [0.25, 0.3) is 0 Å². The molecule has 0 aliphatic carbocycles. The van der Waals surface area contributed by atoms with Crippen LogP contribution in [-0.4, -0.2) is 27.9 Å². The van der Waals surface area contributed by atoms with Gasteiger partial charge in [-0.25, -0.2) is 15.8 Å². The molecule has 0 fully saturated rings. The smallest absolute Gasteiger partial charge is 0.204 e. The van der Waals surface area contributed by atoms with E-state index in [-0.39, 0.29) is 6.39 Å². The molecule has 10 heavy (non-hydrogen) atoms. The van der Waals surface area contributed by atoms with Crippen molar-refractivity contribution in [2.45, 2.75) is 0 Å². The number of hydrogen-bond acceptors (Lipinski definition) is 3. The van der Waals surface area contributed by atoms with E-state index in [1.807, 2.05) is 17.9 Å². The van der Waals surface area contributed by atoms with Crippen molar-refractivity contribution in [2.75, 3.05) is 0 Å². The maximum absolute atomic E-state index is 8.22. The van der Waals surface area contributed by atoms with Crippen LogP contribution in [0.5, 0.6) is 0 Å². The molecular formula is C3H3B4N3. The van der Waals surface area contributed by atoms with Gasteiger partial charge in [0.25, 0.3) is 0 Å². The lowest BCUT2D eigenvalue weighted by Crippen LogP contribution is -2.35. The summed E-state index contributed by atoms with van der Waals surface area (Å²) in [5.74, 6) is 5.81. The lowest BCUT2D eigenvalue weighted by molar-refractivity contribution is 1.56. The average Bonchev–Trinajstić information content (AvgIpc) is 1.90. The van der Waals surface area contributed by atoms with E-state index < -0.39 is 0 Å². The SMILES string of the molecule is N#CBB(BC#N)BC#N. The van der Waals surface area contributed by atoms with E-state index in [4.69, 9.17) is 15.8 Å². The Kier molecular flexibility index (Phi) is 5.11. The summed E-state index contributed by atoms with van der Waals surface area (Å²) in [6, 6.07) is 0. The van der Waals surface area contributed by atoms with E-state index in [9.17, 15) is 0 Å². The standard InChI is InChI=1S/C3H3B4N3/c8-1-4-7(5-2-9)6-3-10/h4-6H. The van der Waals surface area contributed by atoms with Crippen molar-refractivity contribution in [3.63, 3.8) is 0 Å². The first-order valence-electron chi connectivity index (χ1n) is 2.96. The van der Waals surface area contributed by atoms with E-state index in [1.54, 1.807) is 0 Å². The third kappa shape index (κ3) is 3.70. The number of rotatable bonds is 3. The molecule has 0 rings (SSSR count). The average molecular weight is 124 g/mol. The van der Waals surface area contributed by atoms with Crippen LogP contribution in [0.1, 0.15) is 0 Å². The minimum Gasteiger partial charge on any atom is -0.214 e. The lowest BCUT2D eigenvalue weighted by Gasteiger charge is -1.89. The Bertz CT molecular complexity index is 169. The molecule has 0 unspecified atom stereocenters. The Balaban J connectivity index is 3.68. The van der Waals surface area contributed by atoms with E-state index in [2.05, 4.69) is 0 Å². The maximum Gasteiger partial charge on any atom is 0.204 e. The van der Waals surface area contributed by atoms with Crippen molar-refractivity contribution in [2.24, 2.45) is 0 Å². The third-order valence-corrected chi connectivity index (χ3v) is 1.14. The number of hydrogen-bond donors (Lipinski definition) is 0. The van der Waals surface area contributed by atoms with Crippen LogP contribution in [0.4, 0.5) is 0 Å². The highest BCUT2D eigenvalue weighted by Gasteiger charge is 2.16. The first-order valence-corrected chi connectivity index (χ1v) is 2.96. The highest BCUT2D eigenvalue weighted by atomic mass is 14.2. The molecule has 0 bridgehead atoms. The van der Waals surface area contributed by atoms with Gasteiger partial charge in [-0.3, -0.25) is 0 Å². The zero-order chi connectivity index (χ0) is 7.82. The molecule has 0 radical (unpaired) electrons. The first-order chi connectivity index (χ1) is 4.85. The van der Waals surface area contributed by atoms with Gasteiger partial charge in [-0.15, -0.1) is 0 Å². The van der Waals surface area contributed by atoms with Crippen molar-refractivity contribution in [3.8, 4) is 17.9 Å². The Labute approximate surface area is 62.4 Å². The molecule has 0 saturated heterocycles. The summed E-state index contributed by atoms with van der Waals surface area (Å²) in [5, 5.41) is 24.7. The summed E-state index contributed by atoms with van der Waals surface area (Å²) in [6.45, 7) is 0. The van der Waals surface area contributed by atoms with Crippen LogP contribution in [0, 0.1) is 33.7 Å². The van der Waals surface area contributed by atoms with Crippen LogP contribution in [0.15, 0.2) is 0 Å². The minimum atomic E-state index is -0.0556. The second-order valence-corrected chi connectivity index (χ2v) is 1.95. The van der Waals surface area contributed by atoms with Crippen LogP contribution >= 0.6 is 0 Å². The zero-order valence-electron chi connectivity index (χ0n) is 5.54. The van der Waals surface area contributed by atoms with Crippen molar-refractivity contribution in [1.29, 1.82) is 15.8 Å². The van der Waals surface area contributed by atoms with Crippen molar-refractivity contribution in [3.05, 3.63) is 0 Å². The van der Waals surface area contributed by atoms with Gasteiger partial charge in [0.2, 0.25) is 21.5 Å². The fourth-order valence-corrected chi connectivity index (χ4v) is 0.604. The van der Waals surface area contributed by atoms with Crippen LogP contribution in [0.3, 0.4) is 0 Å². The molecule has 0 aliphatic heterocycles. The Morgan fingerprint density at radius 2 is 1.10 bits per heavy atom. The predicted octanol–water partition coefficient (Wildman–Crippen LogP) is -2.28. The fraction of sp³-hybridized carbons (Fsp3) is 0. The van der Waals surface area contributed by atoms with Gasteiger partial charge in [0.1, 0.15) is 6.39 Å². The molecule has 0 aromatic heterocycles. The Morgan fingerprint density at radius 3 is 1.30 bits per heavy atom. The molecule has 0 aliphatic rings. The molecule has 0 spiro atoms. The topological polar surface area (TPSA) is 71.4 Å². The molecule has 42 valence electrons. The molecule has 0 aromatic carbocycles. The van der Waals surface area contributed by atoms with Gasteiger partial charge in [-0.1, -0.05) is 0 Å². The summed E-state index contributed by atoms with van der Waals surface area (Å²) >= 11 is 0. The van der Waals surface area contributed by atoms with Gasteiger partial charge in [0, 0.05) is 0 Å². The number of nitriles is 3. The van der Waals surface area contributed by atoms with Crippen molar-refractivity contribution in [1.82, 2.24) is 0 Å². The second-order valence-electron chi connectivity index (χ2n) is 1.95. The van der Waals surface area contributed by atoms with Crippen LogP contribution in [0.2, 0.25) is 0 Å². The predicted molar refractivity (Wildman–Crippen MR) is 44.0 cm³/mol. The summed E-state index contributed by atoms with van der Waals surface area (Å²) in [7, 11) is 0.920. The van der Waals surface area contributed by atoms with E-state index in [1.165, 1.54) is 0 Å². The Morgan fingerprint density at radius 1 is 0.800 bits per heavy atom. The van der Waals surface area contributed by atoms with Crippen molar-refractivity contribution < 1.29 is 0 Å². The second kappa shape index (κ2) is 5.86. The monoisotopic (exact) mass is 125 g/mol. The molecule has 0 heterocycles. The molecule has 0 saturated carbocycles. The van der Waals surface area contributed by atoms with E-state index >= 15 is 0 Å². The first kappa shape index (κ1) is 8.73. The zero-order valence-corrected chi connectivity index (χ0v) is 5.54. The summed E-state index contributed by atoms with van der Waals surface area (Å²) in [6.07, 6.45) is -0.0556. The lowest BCUT2D eigenvalue weighted by atomic mass is 8.91. The van der Waals surface area contributed by atoms with Gasteiger partial charge in [-0.2, -0.15) is 0 Å². The van der Waals surface area contributed by atoms with Crippen molar-refractivity contribution >= 4 is 27.9 Å². The summed E-state index contributed by atoms with van der Waals surface area (Å²) < 4.78 is 0. The molecule has 7 heteroatoms. The van der Waals surface area contributed by atoms with Gasteiger partial charge in [0.15, 0.2) is 0 Å². The van der Waals surface area contributed by atoms with E-state index in [0.29, 0.717) is 21.5 Å². The normalized spacial score (nSPS) is 5.70. The highest BCUT2D eigenvalue weighted by molar-refractivity contribution is 7.63. The third-order valence-electron chi connectivity index (χ3n) is 1.14. The molecule has 0 aromatic rings. The van der Waals surface area contributed by atoms with E-state index in [0.717, 1.165) is 0 Å². The number of nitrogens with zero attached hydrogens (tertiary/aromatic N) is 3. The largest absolute Gasteiger partial charge is 0.214 e. The fourth-order valence-electron chi connectivity index (χ4n) is 0.604. The molecule has 0 N–H and O–H groups in total. The van der Waals surface area contributed by atoms with Crippen LogP contribution < -0.4 is 0 Å². The van der Waals surface area contributed by atoms with Gasteiger partial charge in [-0.05, 0) is 17.9 Å². The Hall–Kier alpha value is -1.27. The maximum atomic E-state index is 8.22. The molecular weight excluding hydrogens is 121 g/mol. The molecule has 3 nitrogen and oxygen atoms in total. The van der Waals surface area contributed by atoms with Crippen LogP contribution in [-0.2, 0) is 0 Å². The minimum absolute atomic E-state index is 0.0556. The van der Waals surface area contributed by atoms with Gasteiger partial charge < -0.3 is 0 Å². The summed E-state index contributed by atoms with van der Waals surface area (Å²) in [4.78, 5) is 0. The van der Waals surface area contributed by atoms with Gasteiger partial charge in [0.05, 0.1) is 0 Å². The summed E-state index contributed by atoms with van der Waals surface area (Å²) in [5.41, 5.74) is 0. The molecule has 0 amide bonds. The van der Waals surface area contributed by atoms with Gasteiger partial charge >= 0.3 is 0 Å². The highest BCUT2D eigenvalue weighted by Crippen LogP contribution is 1.72.